The molecule has 0 saturated heterocycles. The van der Waals surface area contributed by atoms with Gasteiger partial charge in [0.2, 0.25) is 15.9 Å². The average Bonchev–Trinajstić information content (AvgIpc) is 2.72. The number of carbonyl (C=O) groups excluding carboxylic acids is 5. The van der Waals surface area contributed by atoms with Gasteiger partial charge in [0, 0.05) is 5.48 Å². The number of rotatable bonds is 9. The van der Waals surface area contributed by atoms with Gasteiger partial charge in [-0.2, -0.15) is 0 Å². The molecule has 5 atom stereocenters. The van der Waals surface area contributed by atoms with E-state index in [1.54, 1.807) is 0 Å². The quantitative estimate of drug-likeness (QED) is 0.188. The van der Waals surface area contributed by atoms with Crippen LogP contribution in [0.1, 0.15) is 33.1 Å². The van der Waals surface area contributed by atoms with Crippen LogP contribution in [0.15, 0.2) is 0 Å². The lowest BCUT2D eigenvalue weighted by atomic mass is 9.62. The zero-order chi connectivity index (χ0) is 23.4. The number of Topliss-reactive ketones (excluding diaryl/α,β-unsaturated/α-hetero) is 4. The maximum atomic E-state index is 12.4. The number of hydrogen-bond donors (Lipinski definition) is 5. The number of carbonyl (C=O) groups is 5. The van der Waals surface area contributed by atoms with Crippen LogP contribution in [0.2, 0.25) is 0 Å². The summed E-state index contributed by atoms with van der Waals surface area (Å²) in [5.74, 6) is -7.64. The largest absolute Gasteiger partial charge is 0.386 e. The van der Waals surface area contributed by atoms with Gasteiger partial charge in [-0.15, -0.1) is 0 Å². The average molecular weight is 431 g/mol. The first-order chi connectivity index (χ1) is 13.2. The van der Waals surface area contributed by atoms with Crippen LogP contribution in [0.3, 0.4) is 0 Å². The van der Waals surface area contributed by atoms with Gasteiger partial charge in [0.1, 0.15) is 12.2 Å². The molecule has 25 heavy (non-hydrogen) atoms. The second-order valence-corrected chi connectivity index (χ2v) is 5.81. The van der Waals surface area contributed by atoms with Crippen LogP contribution in [0, 0.1) is 0 Å². The van der Waals surface area contributed by atoms with Gasteiger partial charge in [-0.3, -0.25) is 24.0 Å². The second-order valence-electron chi connectivity index (χ2n) is 5.09. The molecule has 1 unspecified atom stereocenters. The third-order valence-electron chi connectivity index (χ3n) is 3.65. The van der Waals surface area contributed by atoms with Gasteiger partial charge in [0.25, 0.3) is 0 Å². The predicted molar refractivity (Wildman–Crippen MR) is 83.5 cm³/mol. The molecule has 11 heteroatoms. The summed E-state index contributed by atoms with van der Waals surface area (Å²) in [6.07, 6.45) is -6.07. The first-order valence-electron chi connectivity index (χ1n) is 9.05. The van der Waals surface area contributed by atoms with Crippen LogP contribution < -0.4 is 0 Å². The Kier molecular flexibility index (Phi) is 5.10. The molecule has 0 aliphatic carbocycles. The van der Waals surface area contributed by atoms with Crippen LogP contribution >= 0.6 is 15.9 Å². The molecule has 0 aromatic rings. The Morgan fingerprint density at radius 2 is 1.36 bits per heavy atom. The molecule has 0 spiro atoms. The van der Waals surface area contributed by atoms with Crippen molar-refractivity contribution in [2.45, 2.75) is 56.6 Å². The minimum atomic E-state index is -4.40. The number of halogens is 1. The van der Waals surface area contributed by atoms with E-state index in [0.717, 1.165) is 0 Å². The second kappa shape index (κ2) is 7.48. The number of hydrogen-bond acceptors (Lipinski definition) is 10. The van der Waals surface area contributed by atoms with E-state index in [2.05, 4.69) is 15.9 Å². The molecule has 0 aliphatic heterocycles. The lowest BCUT2D eigenvalue weighted by molar-refractivity contribution is -0.249. The van der Waals surface area contributed by atoms with E-state index in [4.69, 9.17) is 5.48 Å². The summed E-state index contributed by atoms with van der Waals surface area (Å²) < 4.78 is 26.2. The van der Waals surface area contributed by atoms with E-state index in [1.807, 2.05) is 0 Å². The Morgan fingerprint density at radius 3 is 1.72 bits per heavy atom. The van der Waals surface area contributed by atoms with Crippen LogP contribution in [-0.4, -0.2) is 82.4 Å². The Bertz CT molecular complexity index is 706. The van der Waals surface area contributed by atoms with Crippen molar-refractivity contribution in [1.29, 1.82) is 0 Å². The normalized spacial score (nSPS) is 23.1. The molecule has 0 amide bonds. The third kappa shape index (κ3) is 3.23. The highest BCUT2D eigenvalue weighted by Gasteiger charge is 2.75. The number of ketones is 4. The highest BCUT2D eigenvalue weighted by atomic mass is 79.9. The van der Waals surface area contributed by atoms with E-state index in [0.29, 0.717) is 0 Å². The fourth-order valence-corrected chi connectivity index (χ4v) is 2.64. The number of aliphatic hydroxyl groups excluding tert-OH is 2. The molecule has 0 rings (SSSR count). The summed E-state index contributed by atoms with van der Waals surface area (Å²) in [6, 6.07) is 0. The van der Waals surface area contributed by atoms with E-state index in [9.17, 15) is 49.5 Å². The zero-order valence-electron chi connectivity index (χ0n) is 16.6. The SMILES string of the molecule is [2H]CC(=O)C(O)[C@@H](O)[C@@](O)(C(=O)C[2H])[C@@](O)(C(=O)C[2H])[C@@](O)(C(=O)Br)C(=O)C[2H]. The molecule has 0 aromatic heterocycles. The Balaban J connectivity index is 7.36. The van der Waals surface area contributed by atoms with Crippen molar-refractivity contribution >= 4 is 43.8 Å². The van der Waals surface area contributed by atoms with Crippen molar-refractivity contribution in [2.75, 3.05) is 0 Å². The van der Waals surface area contributed by atoms with Gasteiger partial charge in [-0.25, -0.2) is 0 Å². The predicted octanol–water partition coefficient (Wildman–Crippen LogP) is -2.82. The van der Waals surface area contributed by atoms with Gasteiger partial charge in [0.15, 0.2) is 28.7 Å². The van der Waals surface area contributed by atoms with Crippen molar-refractivity contribution in [1.82, 2.24) is 0 Å². The van der Waals surface area contributed by atoms with E-state index in [-0.39, 0.29) is 0 Å². The first-order valence-corrected chi connectivity index (χ1v) is 7.01. The molecular weight excluding hydrogens is 408 g/mol. The fourth-order valence-electron chi connectivity index (χ4n) is 2.13. The lowest BCUT2D eigenvalue weighted by Crippen LogP contribution is -2.81. The molecule has 0 aromatic carbocycles. The lowest BCUT2D eigenvalue weighted by Gasteiger charge is -2.49. The van der Waals surface area contributed by atoms with Crippen LogP contribution in [0.5, 0.6) is 0 Å². The monoisotopic (exact) mass is 430 g/mol. The van der Waals surface area contributed by atoms with Gasteiger partial charge in [0.05, 0.1) is 0 Å². The molecule has 0 fully saturated rings. The molecule has 5 N–H and O–H groups in total. The standard InChI is InChI=1S/C14H19BrO10/c1-5(16)9(20)10(21)12(23,6(2)17)14(25,8(4)19)13(24,7(3)18)11(15)22/h9-10,20-21,23-25H,1-4H3/t9?,10-,12+,13+,14+/m1/s1/i1D,2D,3D,4D. The summed E-state index contributed by atoms with van der Waals surface area (Å²) in [5, 5.41) is 52.4. The zero-order valence-corrected chi connectivity index (χ0v) is 14.2. The van der Waals surface area contributed by atoms with E-state index in [1.165, 1.54) is 0 Å². The van der Waals surface area contributed by atoms with Crippen molar-refractivity contribution in [3.63, 3.8) is 0 Å². The van der Waals surface area contributed by atoms with Gasteiger partial charge in [-0.1, -0.05) is 0 Å². The fraction of sp³-hybridized carbons (Fsp3) is 0.643. The molecule has 142 valence electrons. The van der Waals surface area contributed by atoms with Gasteiger partial charge in [-0.05, 0) is 43.5 Å². The van der Waals surface area contributed by atoms with E-state index < -0.39 is 84.4 Å². The van der Waals surface area contributed by atoms with Gasteiger partial charge >= 0.3 is 0 Å². The Labute approximate surface area is 156 Å². The van der Waals surface area contributed by atoms with E-state index >= 15 is 0 Å². The molecule has 0 heterocycles. The van der Waals surface area contributed by atoms with Crippen LogP contribution in [0.4, 0.5) is 0 Å². The third-order valence-corrected chi connectivity index (χ3v) is 4.22. The molecular formula is C14H19BrO10. The van der Waals surface area contributed by atoms with Crippen molar-refractivity contribution in [3.05, 3.63) is 0 Å². The smallest absolute Gasteiger partial charge is 0.240 e. The van der Waals surface area contributed by atoms with Crippen molar-refractivity contribution in [3.8, 4) is 0 Å². The minimum absolute atomic E-state index is 1.22. The highest BCUT2D eigenvalue weighted by molar-refractivity contribution is 9.18. The minimum Gasteiger partial charge on any atom is -0.386 e. The van der Waals surface area contributed by atoms with Crippen LogP contribution in [0.25, 0.3) is 0 Å². The summed E-state index contributed by atoms with van der Waals surface area (Å²) >= 11 is 2.09. The van der Waals surface area contributed by atoms with Crippen molar-refractivity contribution in [2.24, 2.45) is 0 Å². The molecule has 0 bridgehead atoms. The summed E-state index contributed by atoms with van der Waals surface area (Å²) in [4.78, 5) is 60.3. The molecule has 0 aliphatic rings. The molecule has 0 saturated carbocycles. The summed E-state index contributed by atoms with van der Waals surface area (Å²) in [5.41, 5.74) is -12.8. The summed E-state index contributed by atoms with van der Waals surface area (Å²) in [7, 11) is 0. The first kappa shape index (κ1) is 17.1. The van der Waals surface area contributed by atoms with Gasteiger partial charge < -0.3 is 25.5 Å². The maximum absolute atomic E-state index is 12.4. The Hall–Kier alpha value is -1.37. The molecule has 10 nitrogen and oxygen atoms in total. The summed E-state index contributed by atoms with van der Waals surface area (Å²) in [6.45, 7) is -5.89. The van der Waals surface area contributed by atoms with Crippen molar-refractivity contribution < 1.29 is 55.0 Å². The Morgan fingerprint density at radius 1 is 0.880 bits per heavy atom. The van der Waals surface area contributed by atoms with Crippen LogP contribution in [-0.2, 0) is 24.0 Å². The molecule has 0 radical (unpaired) electrons. The topological polar surface area (TPSA) is 186 Å². The number of aliphatic hydroxyl groups is 5. The highest BCUT2D eigenvalue weighted by Crippen LogP contribution is 2.41. The maximum Gasteiger partial charge on any atom is 0.240 e.